The largest absolute Gasteiger partial charge is 0.417 e. The molecule has 126 valence electrons. The first-order valence-electron chi connectivity index (χ1n) is 7.58. The van der Waals surface area contributed by atoms with E-state index in [0.717, 1.165) is 10.6 Å². The Morgan fingerprint density at radius 2 is 2.04 bits per heavy atom. The number of fused-ring (bicyclic) bond motifs is 2. The van der Waals surface area contributed by atoms with Crippen molar-refractivity contribution < 1.29 is 14.0 Å². The molecule has 0 fully saturated rings. The van der Waals surface area contributed by atoms with E-state index in [0.29, 0.717) is 16.8 Å². The summed E-state index contributed by atoms with van der Waals surface area (Å²) in [5.74, 6) is -1.02. The lowest BCUT2D eigenvalue weighted by atomic mass is 10.2. The van der Waals surface area contributed by atoms with Crippen molar-refractivity contribution >= 4 is 46.1 Å². The van der Waals surface area contributed by atoms with Crippen LogP contribution in [0.15, 0.2) is 56.6 Å². The molecular formula is C17H13N3O4S. The van der Waals surface area contributed by atoms with Gasteiger partial charge in [-0.15, -0.1) is 11.8 Å². The second-order valence-electron chi connectivity index (χ2n) is 5.57. The van der Waals surface area contributed by atoms with Crippen LogP contribution in [0.25, 0.3) is 11.1 Å². The molecule has 1 aromatic heterocycles. The second kappa shape index (κ2) is 6.14. The van der Waals surface area contributed by atoms with Crippen molar-refractivity contribution in [1.29, 1.82) is 0 Å². The number of H-pyrrole nitrogens is 1. The Morgan fingerprint density at radius 3 is 2.92 bits per heavy atom. The van der Waals surface area contributed by atoms with E-state index < -0.39 is 11.0 Å². The zero-order chi connectivity index (χ0) is 17.4. The smallest absolute Gasteiger partial charge is 0.408 e. The van der Waals surface area contributed by atoms with Crippen LogP contribution in [0.1, 0.15) is 6.42 Å². The van der Waals surface area contributed by atoms with Crippen molar-refractivity contribution in [2.24, 2.45) is 0 Å². The normalized spacial score (nSPS) is 16.3. The molecule has 8 heteroatoms. The Hall–Kier alpha value is -3.00. The Kier molecular flexibility index (Phi) is 3.81. The van der Waals surface area contributed by atoms with Crippen LogP contribution < -0.4 is 16.4 Å². The predicted molar refractivity (Wildman–Crippen MR) is 94.8 cm³/mol. The maximum absolute atomic E-state index is 12.3. The molecule has 1 aliphatic rings. The first-order valence-corrected chi connectivity index (χ1v) is 8.46. The highest BCUT2D eigenvalue weighted by Crippen LogP contribution is 2.36. The molecule has 0 bridgehead atoms. The molecule has 1 atom stereocenters. The number of hydrogen-bond acceptors (Lipinski definition) is 5. The fourth-order valence-corrected chi connectivity index (χ4v) is 3.75. The molecular weight excluding hydrogens is 342 g/mol. The summed E-state index contributed by atoms with van der Waals surface area (Å²) in [7, 11) is 0. The van der Waals surface area contributed by atoms with E-state index in [2.05, 4.69) is 15.6 Å². The summed E-state index contributed by atoms with van der Waals surface area (Å²) in [4.78, 5) is 39.1. The predicted octanol–water partition coefficient (Wildman–Crippen LogP) is 2.56. The SMILES string of the molecule is O=C(CC1Sc2ccccc2NC1=O)Nc1ccc2oc(=O)[nH]c2c1. The minimum Gasteiger partial charge on any atom is -0.408 e. The highest BCUT2D eigenvalue weighted by Gasteiger charge is 2.28. The van der Waals surface area contributed by atoms with E-state index >= 15 is 0 Å². The summed E-state index contributed by atoms with van der Waals surface area (Å²) in [5.41, 5.74) is 2.21. The number of benzene rings is 2. The highest BCUT2D eigenvalue weighted by atomic mass is 32.2. The molecule has 2 aromatic carbocycles. The number of carbonyl (C=O) groups excluding carboxylic acids is 2. The molecule has 1 unspecified atom stereocenters. The third kappa shape index (κ3) is 3.16. The molecule has 2 heterocycles. The van der Waals surface area contributed by atoms with Crippen molar-refractivity contribution in [3.63, 3.8) is 0 Å². The molecule has 0 saturated carbocycles. The number of carbonyl (C=O) groups is 2. The van der Waals surface area contributed by atoms with Gasteiger partial charge >= 0.3 is 5.76 Å². The van der Waals surface area contributed by atoms with Gasteiger partial charge in [0.05, 0.1) is 16.5 Å². The third-order valence-corrected chi connectivity index (χ3v) is 5.06. The fraction of sp³-hybridized carbons (Fsp3) is 0.118. The maximum Gasteiger partial charge on any atom is 0.417 e. The molecule has 0 aliphatic carbocycles. The molecule has 0 radical (unpaired) electrons. The van der Waals surface area contributed by atoms with Gasteiger partial charge in [-0.1, -0.05) is 12.1 Å². The van der Waals surface area contributed by atoms with Crippen LogP contribution >= 0.6 is 11.8 Å². The molecule has 0 saturated heterocycles. The lowest BCUT2D eigenvalue weighted by Gasteiger charge is -2.23. The highest BCUT2D eigenvalue weighted by molar-refractivity contribution is 8.01. The molecule has 3 N–H and O–H groups in total. The molecule has 4 rings (SSSR count). The molecule has 0 spiro atoms. The van der Waals surface area contributed by atoms with Crippen LogP contribution in [-0.4, -0.2) is 22.0 Å². The van der Waals surface area contributed by atoms with E-state index in [9.17, 15) is 14.4 Å². The Labute approximate surface area is 145 Å². The number of amides is 2. The Morgan fingerprint density at radius 1 is 1.20 bits per heavy atom. The number of aromatic nitrogens is 1. The van der Waals surface area contributed by atoms with Crippen LogP contribution in [0.5, 0.6) is 0 Å². The van der Waals surface area contributed by atoms with Crippen molar-refractivity contribution in [2.75, 3.05) is 10.6 Å². The van der Waals surface area contributed by atoms with Crippen LogP contribution in [0, 0.1) is 0 Å². The molecule has 25 heavy (non-hydrogen) atoms. The summed E-state index contributed by atoms with van der Waals surface area (Å²) < 4.78 is 4.92. The van der Waals surface area contributed by atoms with Gasteiger partial charge in [0.1, 0.15) is 0 Å². The first-order chi connectivity index (χ1) is 12.1. The monoisotopic (exact) mass is 355 g/mol. The van der Waals surface area contributed by atoms with Gasteiger partial charge in [0.25, 0.3) is 0 Å². The minimum absolute atomic E-state index is 0.0464. The maximum atomic E-state index is 12.3. The number of rotatable bonds is 3. The van der Waals surface area contributed by atoms with Gasteiger partial charge in [-0.25, -0.2) is 4.79 Å². The first kappa shape index (κ1) is 15.5. The number of aromatic amines is 1. The zero-order valence-corrected chi connectivity index (χ0v) is 13.7. The summed E-state index contributed by atoms with van der Waals surface area (Å²) in [6.07, 6.45) is 0.0464. The number of hydrogen-bond donors (Lipinski definition) is 3. The van der Waals surface area contributed by atoms with Gasteiger partial charge in [-0.05, 0) is 30.3 Å². The van der Waals surface area contributed by atoms with Gasteiger partial charge in [0, 0.05) is 17.0 Å². The van der Waals surface area contributed by atoms with E-state index in [4.69, 9.17) is 4.42 Å². The minimum atomic E-state index is -0.549. The Bertz CT molecular complexity index is 1040. The van der Waals surface area contributed by atoms with Gasteiger partial charge in [-0.3, -0.25) is 14.6 Å². The van der Waals surface area contributed by atoms with Crippen molar-refractivity contribution in [3.05, 3.63) is 53.0 Å². The summed E-state index contributed by atoms with van der Waals surface area (Å²) in [5, 5.41) is 5.06. The standard InChI is InChI=1S/C17H13N3O4S/c21-15(18-9-5-6-12-11(7-9)20-17(23)24-12)8-14-16(22)19-10-3-1-2-4-13(10)25-14/h1-7,14H,8H2,(H,18,21)(H,19,22)(H,20,23). The fourth-order valence-electron chi connectivity index (χ4n) is 2.64. The summed E-state index contributed by atoms with van der Waals surface area (Å²) in [6.45, 7) is 0. The van der Waals surface area contributed by atoms with Crippen molar-refractivity contribution in [2.45, 2.75) is 16.6 Å². The molecule has 1 aliphatic heterocycles. The number of anilines is 2. The summed E-state index contributed by atoms with van der Waals surface area (Å²) in [6, 6.07) is 12.3. The van der Waals surface area contributed by atoms with Crippen LogP contribution in [0.2, 0.25) is 0 Å². The van der Waals surface area contributed by atoms with E-state index in [-0.39, 0.29) is 18.2 Å². The van der Waals surface area contributed by atoms with Crippen LogP contribution in [0.3, 0.4) is 0 Å². The van der Waals surface area contributed by atoms with E-state index in [1.165, 1.54) is 11.8 Å². The quantitative estimate of drug-likeness (QED) is 0.670. The number of nitrogens with one attached hydrogen (secondary N) is 3. The average Bonchev–Trinajstić information content (AvgIpc) is 2.95. The third-order valence-electron chi connectivity index (χ3n) is 3.78. The van der Waals surface area contributed by atoms with Crippen LogP contribution in [-0.2, 0) is 9.59 Å². The zero-order valence-electron chi connectivity index (χ0n) is 12.9. The second-order valence-corrected chi connectivity index (χ2v) is 6.81. The van der Waals surface area contributed by atoms with Gasteiger partial charge in [0.15, 0.2) is 5.58 Å². The van der Waals surface area contributed by atoms with E-state index in [1.54, 1.807) is 18.2 Å². The average molecular weight is 355 g/mol. The van der Waals surface area contributed by atoms with Crippen molar-refractivity contribution in [1.82, 2.24) is 4.98 Å². The number of oxazole rings is 1. The van der Waals surface area contributed by atoms with Gasteiger partial charge in [0.2, 0.25) is 11.8 Å². The molecule has 2 amide bonds. The van der Waals surface area contributed by atoms with Gasteiger partial charge < -0.3 is 15.1 Å². The lowest BCUT2D eigenvalue weighted by molar-refractivity contribution is -0.120. The lowest BCUT2D eigenvalue weighted by Crippen LogP contribution is -2.32. The Balaban J connectivity index is 1.46. The number of para-hydroxylation sites is 1. The molecule has 3 aromatic rings. The van der Waals surface area contributed by atoms with Crippen molar-refractivity contribution in [3.8, 4) is 0 Å². The topological polar surface area (TPSA) is 104 Å². The van der Waals surface area contributed by atoms with Crippen LogP contribution in [0.4, 0.5) is 11.4 Å². The van der Waals surface area contributed by atoms with E-state index in [1.807, 2.05) is 24.3 Å². The molecule has 7 nitrogen and oxygen atoms in total. The summed E-state index contributed by atoms with van der Waals surface area (Å²) >= 11 is 1.37. The van der Waals surface area contributed by atoms with Gasteiger partial charge in [-0.2, -0.15) is 0 Å². The number of thioether (sulfide) groups is 1.